The lowest BCUT2D eigenvalue weighted by molar-refractivity contribution is -0.384. The number of carbonyl (C=O) groups is 2. The molecule has 3 aromatic rings. The minimum absolute atomic E-state index is 0.000329. The molecule has 1 amide bonds. The van der Waals surface area contributed by atoms with Gasteiger partial charge >= 0.3 is 12.1 Å². The number of carboxylic acid groups (broad SMARTS) is 1. The third-order valence-corrected chi connectivity index (χ3v) is 4.23. The first-order chi connectivity index (χ1) is 17.3. The van der Waals surface area contributed by atoms with Crippen LogP contribution in [-0.2, 0) is 4.79 Å². The predicted octanol–water partition coefficient (Wildman–Crippen LogP) is 3.04. The number of nitro benzene ring substituents is 1. The van der Waals surface area contributed by atoms with E-state index in [-0.39, 0.29) is 45.7 Å². The van der Waals surface area contributed by atoms with Gasteiger partial charge in [-0.2, -0.15) is 13.2 Å². The summed E-state index contributed by atoms with van der Waals surface area (Å²) in [5.41, 5.74) is -0.0757. The molecular formula is C21H19F3N4O9. The highest BCUT2D eigenvalue weighted by Crippen LogP contribution is 2.43. The smallest absolute Gasteiger partial charge is 0.490 e. The molecule has 2 aromatic carbocycles. The van der Waals surface area contributed by atoms with Crippen LogP contribution in [-0.4, -0.2) is 63.6 Å². The average Bonchev–Trinajstić information content (AvgIpc) is 3.29. The first-order valence-corrected chi connectivity index (χ1v) is 10.0. The monoisotopic (exact) mass is 528 g/mol. The van der Waals surface area contributed by atoms with Crippen LogP contribution in [0.1, 0.15) is 10.5 Å². The first kappa shape index (κ1) is 28.4. The van der Waals surface area contributed by atoms with Gasteiger partial charge in [0.05, 0.1) is 4.92 Å². The van der Waals surface area contributed by atoms with Crippen LogP contribution in [0.2, 0.25) is 0 Å². The van der Waals surface area contributed by atoms with Gasteiger partial charge in [-0.25, -0.2) is 4.79 Å². The highest BCUT2D eigenvalue weighted by molar-refractivity contribution is 5.93. The lowest BCUT2D eigenvalue weighted by atomic mass is 10.1. The van der Waals surface area contributed by atoms with Crippen LogP contribution in [0.5, 0.6) is 23.0 Å². The number of nitro groups is 1. The number of aliphatic carboxylic acids is 1. The van der Waals surface area contributed by atoms with Gasteiger partial charge < -0.3 is 35.2 Å². The van der Waals surface area contributed by atoms with Crippen molar-refractivity contribution in [1.82, 2.24) is 15.8 Å². The fraction of sp³-hybridized carbons (Fsp3) is 0.190. The zero-order chi connectivity index (χ0) is 27.8. The molecule has 37 heavy (non-hydrogen) atoms. The van der Waals surface area contributed by atoms with Crippen molar-refractivity contribution in [2.45, 2.75) is 6.18 Å². The summed E-state index contributed by atoms with van der Waals surface area (Å²) in [5, 5.41) is 47.3. The molecule has 0 spiro atoms. The number of ether oxygens (including phenoxy) is 1. The molecule has 0 saturated carbocycles. The number of carboxylic acids is 1. The van der Waals surface area contributed by atoms with Gasteiger partial charge in [-0.3, -0.25) is 14.9 Å². The minimum Gasteiger partial charge on any atom is -0.508 e. The fourth-order valence-corrected chi connectivity index (χ4v) is 2.57. The van der Waals surface area contributed by atoms with Gasteiger partial charge in [-0.1, -0.05) is 5.16 Å². The van der Waals surface area contributed by atoms with Gasteiger partial charge in [-0.15, -0.1) is 0 Å². The Balaban J connectivity index is 0.000000604. The van der Waals surface area contributed by atoms with E-state index >= 15 is 0 Å². The first-order valence-electron chi connectivity index (χ1n) is 10.0. The van der Waals surface area contributed by atoms with E-state index in [0.717, 1.165) is 6.07 Å². The van der Waals surface area contributed by atoms with Crippen molar-refractivity contribution in [2.24, 2.45) is 0 Å². The number of nitrogens with one attached hydrogen (secondary N) is 2. The molecule has 0 aliphatic rings. The number of phenolic OH excluding ortho intramolecular Hbond substituents is 2. The molecule has 13 nitrogen and oxygen atoms in total. The predicted molar refractivity (Wildman–Crippen MR) is 118 cm³/mol. The van der Waals surface area contributed by atoms with Crippen LogP contribution in [0.3, 0.4) is 0 Å². The summed E-state index contributed by atoms with van der Waals surface area (Å²) < 4.78 is 42.6. The average molecular weight is 528 g/mol. The molecule has 1 aromatic heterocycles. The quantitative estimate of drug-likeness (QED) is 0.164. The van der Waals surface area contributed by atoms with E-state index in [4.69, 9.17) is 19.2 Å². The number of rotatable bonds is 8. The van der Waals surface area contributed by atoms with E-state index in [9.17, 15) is 38.3 Å². The molecule has 198 valence electrons. The molecule has 0 fully saturated rings. The second kappa shape index (κ2) is 12.2. The number of aromatic hydroxyl groups is 2. The Kier molecular flexibility index (Phi) is 9.36. The fourth-order valence-electron chi connectivity index (χ4n) is 2.57. The highest BCUT2D eigenvalue weighted by Gasteiger charge is 2.38. The van der Waals surface area contributed by atoms with Crippen LogP contribution >= 0.6 is 0 Å². The number of halogens is 3. The van der Waals surface area contributed by atoms with Crippen LogP contribution < -0.4 is 15.4 Å². The Morgan fingerprint density at radius 2 is 1.76 bits per heavy atom. The van der Waals surface area contributed by atoms with Gasteiger partial charge in [0.25, 0.3) is 11.6 Å². The third kappa shape index (κ3) is 8.10. The van der Waals surface area contributed by atoms with Crippen molar-refractivity contribution >= 4 is 17.6 Å². The van der Waals surface area contributed by atoms with Crippen molar-refractivity contribution < 1.29 is 52.3 Å². The Morgan fingerprint density at radius 1 is 1.14 bits per heavy atom. The van der Waals surface area contributed by atoms with Crippen molar-refractivity contribution in [3.8, 4) is 34.3 Å². The molecule has 0 bridgehead atoms. The maximum Gasteiger partial charge on any atom is 0.490 e. The number of nitrogens with zero attached hydrogens (tertiary/aromatic N) is 2. The standard InChI is InChI=1S/C19H18N4O7.C2HF3O2/c1-20-6-7-21-19(26)14-10-17(30-22-14)18-15(25)8-12(24)9-16(18)29-13-4-2-11(3-5-13)23(27)28;3-2(4,5)1(6)7/h2-5,8-10,20,24-25H,6-7H2,1H3,(H,21,26);(H,6,7). The lowest BCUT2D eigenvalue weighted by Crippen LogP contribution is -2.30. The Morgan fingerprint density at radius 3 is 2.30 bits per heavy atom. The topological polar surface area (TPSA) is 197 Å². The molecule has 3 rings (SSSR count). The Labute approximate surface area is 205 Å². The van der Waals surface area contributed by atoms with Gasteiger partial charge in [0.15, 0.2) is 11.5 Å². The summed E-state index contributed by atoms with van der Waals surface area (Å²) in [4.78, 5) is 31.2. The number of likely N-dealkylation sites (N-methyl/N-ethyl adjacent to an activating group) is 1. The number of carbonyl (C=O) groups excluding carboxylic acids is 1. The van der Waals surface area contributed by atoms with Gasteiger partial charge in [0, 0.05) is 43.4 Å². The second-order valence-electron chi connectivity index (χ2n) is 6.93. The number of amides is 1. The lowest BCUT2D eigenvalue weighted by Gasteiger charge is -2.11. The largest absolute Gasteiger partial charge is 0.508 e. The summed E-state index contributed by atoms with van der Waals surface area (Å²) in [7, 11) is 1.75. The van der Waals surface area contributed by atoms with Crippen molar-refractivity contribution in [1.29, 1.82) is 0 Å². The van der Waals surface area contributed by atoms with Crippen molar-refractivity contribution in [2.75, 3.05) is 20.1 Å². The number of benzene rings is 2. The SMILES string of the molecule is CNCCNC(=O)c1cc(-c2c(O)cc(O)cc2Oc2ccc([N+](=O)[O-])cc2)on1.O=C(O)C(F)(F)F. The molecule has 0 aliphatic carbocycles. The molecular weight excluding hydrogens is 509 g/mol. The van der Waals surface area contributed by atoms with E-state index in [1.54, 1.807) is 7.05 Å². The van der Waals surface area contributed by atoms with Crippen LogP contribution in [0.25, 0.3) is 11.3 Å². The number of hydrogen-bond donors (Lipinski definition) is 5. The van der Waals surface area contributed by atoms with E-state index in [1.165, 1.54) is 36.4 Å². The summed E-state index contributed by atoms with van der Waals surface area (Å²) in [5.74, 6) is -3.62. The number of non-ortho nitro benzene ring substituents is 1. The third-order valence-electron chi connectivity index (χ3n) is 4.23. The summed E-state index contributed by atoms with van der Waals surface area (Å²) in [6, 6.07) is 8.86. The van der Waals surface area contributed by atoms with Gasteiger partial charge in [0.1, 0.15) is 28.6 Å². The summed E-state index contributed by atoms with van der Waals surface area (Å²) in [6.07, 6.45) is -5.08. The van der Waals surface area contributed by atoms with Crippen LogP contribution in [0, 0.1) is 10.1 Å². The molecule has 0 aliphatic heterocycles. The number of hydrogen-bond acceptors (Lipinski definition) is 10. The number of aromatic nitrogens is 1. The van der Waals surface area contributed by atoms with E-state index in [1.807, 2.05) is 0 Å². The highest BCUT2D eigenvalue weighted by atomic mass is 19.4. The molecule has 1 heterocycles. The molecule has 0 radical (unpaired) electrons. The molecule has 0 atom stereocenters. The molecule has 0 unspecified atom stereocenters. The van der Waals surface area contributed by atoms with Gasteiger partial charge in [-0.05, 0) is 19.2 Å². The number of alkyl halides is 3. The molecule has 16 heteroatoms. The zero-order valence-electron chi connectivity index (χ0n) is 18.8. The van der Waals surface area contributed by atoms with Crippen LogP contribution in [0.15, 0.2) is 47.0 Å². The zero-order valence-corrected chi connectivity index (χ0v) is 18.8. The maximum atomic E-state index is 12.1. The van der Waals surface area contributed by atoms with E-state index in [0.29, 0.717) is 13.1 Å². The normalized spacial score (nSPS) is 10.7. The Bertz CT molecular complexity index is 1260. The Hall–Kier alpha value is -4.86. The van der Waals surface area contributed by atoms with E-state index in [2.05, 4.69) is 15.8 Å². The van der Waals surface area contributed by atoms with Crippen LogP contribution in [0.4, 0.5) is 18.9 Å². The van der Waals surface area contributed by atoms with Crippen molar-refractivity contribution in [3.05, 3.63) is 58.3 Å². The molecule has 5 N–H and O–H groups in total. The maximum absolute atomic E-state index is 12.1. The van der Waals surface area contributed by atoms with Crippen molar-refractivity contribution in [3.63, 3.8) is 0 Å². The summed E-state index contributed by atoms with van der Waals surface area (Å²) >= 11 is 0. The molecule has 0 saturated heterocycles. The minimum atomic E-state index is -5.08. The number of phenols is 2. The summed E-state index contributed by atoms with van der Waals surface area (Å²) in [6.45, 7) is 0.957. The van der Waals surface area contributed by atoms with Gasteiger partial charge in [0.2, 0.25) is 0 Å². The van der Waals surface area contributed by atoms with E-state index < -0.39 is 23.0 Å². The second-order valence-corrected chi connectivity index (χ2v) is 6.93.